The van der Waals surface area contributed by atoms with E-state index in [1.807, 2.05) is 30.3 Å². The summed E-state index contributed by atoms with van der Waals surface area (Å²) in [5.74, 6) is -0.694. The number of carbonyl (C=O) groups excluding carboxylic acids is 2. The number of hydrogen-bond donors (Lipinski definition) is 3. The zero-order valence-corrected chi connectivity index (χ0v) is 13.2. The van der Waals surface area contributed by atoms with Crippen molar-refractivity contribution in [1.82, 2.24) is 4.98 Å². The summed E-state index contributed by atoms with van der Waals surface area (Å²) in [5.41, 5.74) is 1.31. The highest BCUT2D eigenvalue weighted by Crippen LogP contribution is 2.16. The van der Waals surface area contributed by atoms with E-state index in [1.54, 1.807) is 19.1 Å². The summed E-state index contributed by atoms with van der Waals surface area (Å²) in [4.78, 5) is 27.2. The number of benzene rings is 1. The Labute approximate surface area is 139 Å². The van der Waals surface area contributed by atoms with Crippen LogP contribution < -0.4 is 10.6 Å². The zero-order valence-electron chi connectivity index (χ0n) is 13.2. The van der Waals surface area contributed by atoms with E-state index in [4.69, 9.17) is 0 Å². The Morgan fingerprint density at radius 2 is 1.92 bits per heavy atom. The van der Waals surface area contributed by atoms with Crippen molar-refractivity contribution in [3.05, 3.63) is 48.7 Å². The predicted octanol–water partition coefficient (Wildman–Crippen LogP) is 2.08. The van der Waals surface area contributed by atoms with Crippen molar-refractivity contribution in [3.63, 3.8) is 0 Å². The molecule has 24 heavy (non-hydrogen) atoms. The van der Waals surface area contributed by atoms with E-state index in [1.165, 1.54) is 6.20 Å². The number of esters is 1. The maximum absolute atomic E-state index is 11.8. The summed E-state index contributed by atoms with van der Waals surface area (Å²) >= 11 is 0. The molecule has 0 radical (unpaired) electrons. The summed E-state index contributed by atoms with van der Waals surface area (Å²) in [5, 5.41) is 15.3. The van der Waals surface area contributed by atoms with Gasteiger partial charge in [0.25, 0.3) is 5.91 Å². The number of aliphatic hydroxyl groups is 1. The van der Waals surface area contributed by atoms with Gasteiger partial charge in [0.15, 0.2) is 0 Å². The van der Waals surface area contributed by atoms with Crippen molar-refractivity contribution in [3.8, 4) is 0 Å². The van der Waals surface area contributed by atoms with Crippen LogP contribution in [0.5, 0.6) is 0 Å². The average Bonchev–Trinajstić information content (AvgIpc) is 2.57. The van der Waals surface area contributed by atoms with Crippen LogP contribution in [0.2, 0.25) is 0 Å². The van der Waals surface area contributed by atoms with Crippen LogP contribution in [0.15, 0.2) is 48.7 Å². The first-order chi connectivity index (χ1) is 11.6. The van der Waals surface area contributed by atoms with Crippen molar-refractivity contribution in [2.45, 2.75) is 19.4 Å². The molecule has 0 saturated carbocycles. The minimum atomic E-state index is -1.47. The molecule has 0 saturated heterocycles. The molecule has 126 valence electrons. The molecule has 7 heteroatoms. The van der Waals surface area contributed by atoms with E-state index >= 15 is 0 Å². The smallest absolute Gasteiger partial charge is 0.308 e. The minimum absolute atomic E-state index is 0.201. The summed E-state index contributed by atoms with van der Waals surface area (Å²) in [6, 6.07) is 12.9. The first-order valence-electron chi connectivity index (χ1n) is 7.51. The van der Waals surface area contributed by atoms with E-state index in [0.717, 1.165) is 5.69 Å². The Morgan fingerprint density at radius 1 is 1.17 bits per heavy atom. The summed E-state index contributed by atoms with van der Waals surface area (Å²) in [6.45, 7) is 1.86. The van der Waals surface area contributed by atoms with Gasteiger partial charge in [-0.3, -0.25) is 9.59 Å². The molecule has 0 bridgehead atoms. The highest BCUT2D eigenvalue weighted by atomic mass is 16.5. The number of anilines is 3. The molecule has 0 aliphatic carbocycles. The monoisotopic (exact) mass is 329 g/mol. The molecule has 2 rings (SSSR count). The molecule has 3 N–H and O–H groups in total. The number of rotatable bonds is 7. The van der Waals surface area contributed by atoms with Crippen LogP contribution in [-0.2, 0) is 14.3 Å². The normalized spacial score (nSPS) is 11.4. The number of amides is 1. The number of aliphatic hydroxyl groups excluding tert-OH is 1. The maximum atomic E-state index is 11.8. The molecule has 2 aromatic rings. The number of nitrogens with zero attached hydrogens (tertiary/aromatic N) is 1. The molecule has 1 amide bonds. The molecule has 0 aliphatic heterocycles. The fourth-order valence-electron chi connectivity index (χ4n) is 1.91. The molecule has 0 unspecified atom stereocenters. The number of nitrogens with one attached hydrogen (secondary N) is 2. The fraction of sp³-hybridized carbons (Fsp3) is 0.235. The van der Waals surface area contributed by atoms with Gasteiger partial charge in [0.1, 0.15) is 11.9 Å². The molecule has 1 aromatic carbocycles. The quantitative estimate of drug-likeness (QED) is 0.672. The molecule has 1 heterocycles. The fourth-order valence-corrected chi connectivity index (χ4v) is 1.91. The third-order valence-corrected chi connectivity index (χ3v) is 3.05. The van der Waals surface area contributed by atoms with E-state index in [-0.39, 0.29) is 13.0 Å². The average molecular weight is 329 g/mol. The number of hydrogen-bond acceptors (Lipinski definition) is 6. The zero-order chi connectivity index (χ0) is 17.4. The molecule has 1 aromatic heterocycles. The molecule has 0 fully saturated rings. The Hall–Kier alpha value is -2.93. The van der Waals surface area contributed by atoms with Crippen molar-refractivity contribution >= 4 is 29.1 Å². The third kappa shape index (κ3) is 5.36. The molecule has 0 aliphatic rings. The maximum Gasteiger partial charge on any atom is 0.308 e. The highest BCUT2D eigenvalue weighted by molar-refractivity contribution is 5.96. The lowest BCUT2D eigenvalue weighted by molar-refractivity contribution is -0.147. The van der Waals surface area contributed by atoms with Crippen LogP contribution in [0.25, 0.3) is 0 Å². The topological polar surface area (TPSA) is 101 Å². The van der Waals surface area contributed by atoms with Gasteiger partial charge in [0.2, 0.25) is 0 Å². The van der Waals surface area contributed by atoms with Crippen LogP contribution in [-0.4, -0.2) is 34.7 Å². The van der Waals surface area contributed by atoms with E-state index in [9.17, 15) is 14.7 Å². The molecule has 7 nitrogen and oxygen atoms in total. The second-order valence-electron chi connectivity index (χ2n) is 4.94. The van der Waals surface area contributed by atoms with Gasteiger partial charge < -0.3 is 20.5 Å². The molecule has 1 atom stereocenters. The van der Waals surface area contributed by atoms with Crippen molar-refractivity contribution in [2.24, 2.45) is 0 Å². The lowest BCUT2D eigenvalue weighted by Gasteiger charge is -2.11. The van der Waals surface area contributed by atoms with Gasteiger partial charge in [0.05, 0.1) is 24.9 Å². The molecular weight excluding hydrogens is 310 g/mol. The van der Waals surface area contributed by atoms with Crippen LogP contribution in [0.3, 0.4) is 0 Å². The minimum Gasteiger partial charge on any atom is -0.466 e. The second kappa shape index (κ2) is 8.64. The predicted molar refractivity (Wildman–Crippen MR) is 89.8 cm³/mol. The van der Waals surface area contributed by atoms with Gasteiger partial charge in [-0.25, -0.2) is 4.98 Å². The van der Waals surface area contributed by atoms with E-state index < -0.39 is 18.0 Å². The van der Waals surface area contributed by atoms with Crippen molar-refractivity contribution < 1.29 is 19.4 Å². The summed E-state index contributed by atoms with van der Waals surface area (Å²) in [7, 11) is 0. The molecule has 0 spiro atoms. The van der Waals surface area contributed by atoms with Gasteiger partial charge in [-0.05, 0) is 31.2 Å². The van der Waals surface area contributed by atoms with E-state index in [0.29, 0.717) is 11.5 Å². The van der Waals surface area contributed by atoms with Crippen LogP contribution in [0.1, 0.15) is 13.3 Å². The Morgan fingerprint density at radius 3 is 2.54 bits per heavy atom. The van der Waals surface area contributed by atoms with Gasteiger partial charge in [-0.1, -0.05) is 18.2 Å². The Kier molecular flexibility index (Phi) is 6.27. The van der Waals surface area contributed by atoms with Crippen LogP contribution in [0, 0.1) is 0 Å². The van der Waals surface area contributed by atoms with E-state index in [2.05, 4.69) is 20.4 Å². The van der Waals surface area contributed by atoms with Gasteiger partial charge in [-0.2, -0.15) is 0 Å². The van der Waals surface area contributed by atoms with Crippen LogP contribution >= 0.6 is 0 Å². The number of carbonyl (C=O) groups is 2. The standard InChI is InChI=1S/C17H19N3O4/c1-2-24-16(22)10-14(21)17(23)20-13-8-9-15(18-11-13)19-12-6-4-3-5-7-12/h3-9,11,14,21H,2,10H2,1H3,(H,18,19)(H,20,23)/t14-/m1/s1. The Bertz CT molecular complexity index is 674. The van der Waals surface area contributed by atoms with Crippen molar-refractivity contribution in [1.29, 1.82) is 0 Å². The SMILES string of the molecule is CCOC(=O)C[C@@H](O)C(=O)Nc1ccc(Nc2ccccc2)nc1. The lowest BCUT2D eigenvalue weighted by Crippen LogP contribution is -2.30. The first kappa shape index (κ1) is 17.4. The van der Waals surface area contributed by atoms with Gasteiger partial charge in [-0.15, -0.1) is 0 Å². The summed E-state index contributed by atoms with van der Waals surface area (Å²) < 4.78 is 4.69. The first-order valence-corrected chi connectivity index (χ1v) is 7.51. The van der Waals surface area contributed by atoms with Gasteiger partial charge >= 0.3 is 5.97 Å². The number of ether oxygens (including phenoxy) is 1. The van der Waals surface area contributed by atoms with Gasteiger partial charge in [0, 0.05) is 5.69 Å². The Balaban J connectivity index is 1.89. The van der Waals surface area contributed by atoms with Crippen molar-refractivity contribution in [2.75, 3.05) is 17.2 Å². The summed E-state index contributed by atoms with van der Waals surface area (Å²) in [6.07, 6.45) is -0.396. The second-order valence-corrected chi connectivity index (χ2v) is 4.94. The number of aromatic nitrogens is 1. The highest BCUT2D eigenvalue weighted by Gasteiger charge is 2.19. The number of para-hydroxylation sites is 1. The lowest BCUT2D eigenvalue weighted by atomic mass is 10.2. The largest absolute Gasteiger partial charge is 0.466 e. The third-order valence-electron chi connectivity index (χ3n) is 3.05. The number of pyridine rings is 1. The van der Waals surface area contributed by atoms with Crippen LogP contribution in [0.4, 0.5) is 17.2 Å². The molecular formula is C17H19N3O4.